The molecule has 1 aromatic rings. The fourth-order valence-corrected chi connectivity index (χ4v) is 5.43. The third-order valence-electron chi connectivity index (χ3n) is 7.90. The Labute approximate surface area is 261 Å². The van der Waals surface area contributed by atoms with Crippen molar-refractivity contribution in [2.75, 3.05) is 25.1 Å². The lowest BCUT2D eigenvalue weighted by Gasteiger charge is -2.47. The van der Waals surface area contributed by atoms with Crippen LogP contribution < -0.4 is 38.7 Å². The molecule has 4 rings (SSSR count). The zero-order valence-corrected chi connectivity index (χ0v) is 25.5. The van der Waals surface area contributed by atoms with Crippen molar-refractivity contribution in [3.63, 3.8) is 0 Å². The molecule has 1 aromatic carbocycles. The Hall–Kier alpha value is -2.07. The zero-order valence-electron chi connectivity index (χ0n) is 25.5. The average molecular weight is 647 g/mol. The molecule has 17 nitrogen and oxygen atoms in total. The Kier molecular flexibility index (Phi) is 14.3. The van der Waals surface area contributed by atoms with Gasteiger partial charge in [0.1, 0.15) is 42.4 Å². The van der Waals surface area contributed by atoms with Crippen molar-refractivity contribution in [3.05, 3.63) is 24.3 Å². The number of aliphatic hydroxyl groups excluding tert-OH is 5. The van der Waals surface area contributed by atoms with Crippen molar-refractivity contribution in [3.8, 4) is 5.75 Å². The van der Waals surface area contributed by atoms with E-state index in [9.17, 15) is 30.3 Å². The first-order valence-corrected chi connectivity index (χ1v) is 15.0. The molecule has 14 atom stereocenters. The maximum atomic E-state index is 11.0. The van der Waals surface area contributed by atoms with Gasteiger partial charge in [0, 0.05) is 31.2 Å². The SMILES string of the molecule is CCOc1ccc(NC(C)=O)cc1.NC[C@H]1O[C@H](O[C@H]2[C@H](O)[C@@H](O[C@H]3O[C@H](CO)[C@@H](O)[C@H](N)[C@H]3O)[C@H](N)C[C@@H]2N)[C@H](N)C[C@@H]1O. The molecule has 0 bridgehead atoms. The second-order valence-corrected chi connectivity index (χ2v) is 11.4. The summed E-state index contributed by atoms with van der Waals surface area (Å²) in [5.41, 5.74) is 30.6. The van der Waals surface area contributed by atoms with Gasteiger partial charge in [0.2, 0.25) is 5.91 Å². The van der Waals surface area contributed by atoms with Crippen LogP contribution in [0.15, 0.2) is 24.3 Å². The van der Waals surface area contributed by atoms with Gasteiger partial charge >= 0.3 is 0 Å². The molecular weight excluding hydrogens is 596 g/mol. The maximum Gasteiger partial charge on any atom is 0.221 e. The van der Waals surface area contributed by atoms with Crippen molar-refractivity contribution in [2.24, 2.45) is 28.7 Å². The smallest absolute Gasteiger partial charge is 0.221 e. The summed E-state index contributed by atoms with van der Waals surface area (Å²) in [4.78, 5) is 10.7. The molecule has 17 heteroatoms. The monoisotopic (exact) mass is 646 g/mol. The molecule has 3 fully saturated rings. The van der Waals surface area contributed by atoms with Crippen LogP contribution in [0.5, 0.6) is 5.75 Å². The number of ether oxygens (including phenoxy) is 5. The zero-order chi connectivity index (χ0) is 33.4. The van der Waals surface area contributed by atoms with E-state index in [0.717, 1.165) is 11.4 Å². The fraction of sp³-hybridized carbons (Fsp3) is 0.750. The molecule has 0 unspecified atom stereocenters. The summed E-state index contributed by atoms with van der Waals surface area (Å²) in [7, 11) is 0. The number of benzene rings is 1. The predicted octanol–water partition coefficient (Wildman–Crippen LogP) is -4.25. The van der Waals surface area contributed by atoms with Gasteiger partial charge in [-0.05, 0) is 44.0 Å². The van der Waals surface area contributed by atoms with E-state index in [1.165, 1.54) is 6.92 Å². The summed E-state index contributed by atoms with van der Waals surface area (Å²) in [6.45, 7) is 3.57. The van der Waals surface area contributed by atoms with Crippen molar-refractivity contribution in [1.29, 1.82) is 0 Å². The first-order valence-electron chi connectivity index (χ1n) is 15.0. The number of nitrogens with one attached hydrogen (secondary N) is 1. The van der Waals surface area contributed by atoms with Crippen LogP contribution in [0, 0.1) is 0 Å². The number of nitrogens with two attached hydrogens (primary N) is 5. The Morgan fingerprint density at radius 3 is 1.98 bits per heavy atom. The third-order valence-corrected chi connectivity index (χ3v) is 7.90. The van der Waals surface area contributed by atoms with E-state index in [2.05, 4.69) is 5.32 Å². The highest BCUT2D eigenvalue weighted by Crippen LogP contribution is 2.30. The van der Waals surface area contributed by atoms with E-state index >= 15 is 0 Å². The normalized spacial score (nSPS) is 40.2. The summed E-state index contributed by atoms with van der Waals surface area (Å²) in [6, 6.07) is 4.01. The topological polar surface area (TPSA) is 306 Å². The van der Waals surface area contributed by atoms with Crippen LogP contribution >= 0.6 is 0 Å². The van der Waals surface area contributed by atoms with Gasteiger partial charge in [-0.2, -0.15) is 0 Å². The molecule has 45 heavy (non-hydrogen) atoms. The standard InChI is InChI=1S/C18H37N5O9.C10H13NO2/c19-3-9-8(25)2-7(22)17(29-9)31-15-5(20)1-6(21)16(14(15)28)32-18-13(27)11(23)12(26)10(4-24)30-18;1-3-13-10-6-4-9(5-7-10)11-8(2)12/h5-18,24-28H,1-4,19-23H2;4-7H,3H2,1-2H3,(H,11,12)/t5-,6+,7+,8-,9+,10+,11-,12+,13+,14-,15+,16-,17+,18+;/m0./s1. The van der Waals surface area contributed by atoms with E-state index in [1.54, 1.807) is 0 Å². The maximum absolute atomic E-state index is 11.0. The minimum atomic E-state index is -1.44. The second-order valence-electron chi connectivity index (χ2n) is 11.4. The first-order chi connectivity index (χ1) is 21.3. The van der Waals surface area contributed by atoms with Crippen LogP contribution in [-0.4, -0.2) is 137 Å². The molecule has 0 radical (unpaired) electrons. The molecule has 0 spiro atoms. The molecule has 1 amide bonds. The van der Waals surface area contributed by atoms with Gasteiger partial charge < -0.3 is 83.2 Å². The Morgan fingerprint density at radius 2 is 1.44 bits per heavy atom. The molecule has 0 aromatic heterocycles. The summed E-state index contributed by atoms with van der Waals surface area (Å²) < 4.78 is 28.0. The Morgan fingerprint density at radius 1 is 0.867 bits per heavy atom. The van der Waals surface area contributed by atoms with Crippen molar-refractivity contribution in [1.82, 2.24) is 0 Å². The molecule has 1 aliphatic carbocycles. The van der Waals surface area contributed by atoms with Crippen molar-refractivity contribution < 1.29 is 54.0 Å². The van der Waals surface area contributed by atoms with Gasteiger partial charge in [-0.3, -0.25) is 4.79 Å². The van der Waals surface area contributed by atoms with Crippen LogP contribution in [0.3, 0.4) is 0 Å². The second kappa shape index (κ2) is 17.2. The van der Waals surface area contributed by atoms with E-state index < -0.39 is 92.2 Å². The largest absolute Gasteiger partial charge is 0.494 e. The van der Waals surface area contributed by atoms with Gasteiger partial charge in [-0.1, -0.05) is 0 Å². The van der Waals surface area contributed by atoms with Crippen LogP contribution in [0.1, 0.15) is 26.7 Å². The van der Waals surface area contributed by atoms with Crippen LogP contribution in [-0.2, 0) is 23.7 Å². The minimum Gasteiger partial charge on any atom is -0.494 e. The predicted molar refractivity (Wildman–Crippen MR) is 160 cm³/mol. The minimum absolute atomic E-state index is 0.0542. The van der Waals surface area contributed by atoms with E-state index in [-0.39, 0.29) is 25.3 Å². The summed E-state index contributed by atoms with van der Waals surface area (Å²) in [5, 5.41) is 53.4. The third kappa shape index (κ3) is 9.72. The van der Waals surface area contributed by atoms with Crippen LogP contribution in [0.4, 0.5) is 5.69 Å². The number of hydrogen-bond donors (Lipinski definition) is 11. The number of carbonyl (C=O) groups excluding carboxylic acids is 1. The number of amides is 1. The molecule has 258 valence electrons. The molecule has 1 saturated carbocycles. The molecule has 2 heterocycles. The number of anilines is 1. The van der Waals surface area contributed by atoms with Crippen molar-refractivity contribution >= 4 is 11.6 Å². The lowest BCUT2D eigenvalue weighted by atomic mass is 9.84. The van der Waals surface area contributed by atoms with Gasteiger partial charge in [0.25, 0.3) is 0 Å². The highest BCUT2D eigenvalue weighted by molar-refractivity contribution is 5.88. The molecular formula is C28H50N6O11. The Bertz CT molecular complexity index is 1040. The summed E-state index contributed by atoms with van der Waals surface area (Å²) in [6.07, 6.45) is -10.8. The van der Waals surface area contributed by atoms with Crippen LogP contribution in [0.2, 0.25) is 0 Å². The highest BCUT2D eigenvalue weighted by Gasteiger charge is 2.50. The number of rotatable bonds is 9. The van der Waals surface area contributed by atoms with Crippen molar-refractivity contribution in [2.45, 2.75) is 112 Å². The first kappa shape index (κ1) is 37.4. The highest BCUT2D eigenvalue weighted by atomic mass is 16.7. The molecule has 2 aliphatic heterocycles. The quantitative estimate of drug-likeness (QED) is 0.121. The lowest BCUT2D eigenvalue weighted by Crippen LogP contribution is -2.68. The Balaban J connectivity index is 0.000000355. The molecule has 16 N–H and O–H groups in total. The molecule has 3 aliphatic rings. The van der Waals surface area contributed by atoms with E-state index in [1.807, 2.05) is 31.2 Å². The van der Waals surface area contributed by atoms with Gasteiger partial charge in [-0.25, -0.2) is 0 Å². The summed E-state index contributed by atoms with van der Waals surface area (Å²) in [5.74, 6) is 0.751. The molecule has 2 saturated heterocycles. The average Bonchev–Trinajstić information content (AvgIpc) is 2.99. The number of aliphatic hydroxyl groups is 5. The van der Waals surface area contributed by atoms with Gasteiger partial charge in [0.05, 0.1) is 37.5 Å². The number of hydrogen-bond acceptors (Lipinski definition) is 16. The van der Waals surface area contributed by atoms with Gasteiger partial charge in [-0.15, -0.1) is 0 Å². The fourth-order valence-electron chi connectivity index (χ4n) is 5.43. The van der Waals surface area contributed by atoms with Crippen LogP contribution in [0.25, 0.3) is 0 Å². The lowest BCUT2D eigenvalue weighted by molar-refractivity contribution is -0.314. The number of carbonyl (C=O) groups is 1. The summed E-state index contributed by atoms with van der Waals surface area (Å²) >= 11 is 0. The van der Waals surface area contributed by atoms with E-state index in [4.69, 9.17) is 52.4 Å². The van der Waals surface area contributed by atoms with E-state index in [0.29, 0.717) is 6.61 Å². The van der Waals surface area contributed by atoms with Gasteiger partial charge in [0.15, 0.2) is 12.6 Å².